The predicted molar refractivity (Wildman–Crippen MR) is 91.3 cm³/mol. The molecule has 0 radical (unpaired) electrons. The van der Waals surface area contributed by atoms with Gasteiger partial charge in [-0.3, -0.25) is 4.79 Å². The van der Waals surface area contributed by atoms with Crippen LogP contribution in [0.1, 0.15) is 44.0 Å². The molecule has 0 bridgehead atoms. The molecule has 0 aromatic heterocycles. The summed E-state index contributed by atoms with van der Waals surface area (Å²) in [6.45, 7) is 9.07. The van der Waals surface area contributed by atoms with Gasteiger partial charge in [-0.1, -0.05) is 0 Å². The highest BCUT2D eigenvalue weighted by Gasteiger charge is 2.22. The Balaban J connectivity index is 2.04. The van der Waals surface area contributed by atoms with Crippen LogP contribution in [0.3, 0.4) is 0 Å². The van der Waals surface area contributed by atoms with Gasteiger partial charge in [0.2, 0.25) is 0 Å². The molecular formula is C18H28N2O3. The van der Waals surface area contributed by atoms with Gasteiger partial charge in [0.1, 0.15) is 0 Å². The minimum absolute atomic E-state index is 0.0629. The molecule has 0 spiro atoms. The van der Waals surface area contributed by atoms with E-state index in [9.17, 15) is 4.79 Å². The highest BCUT2D eigenvalue weighted by Crippen LogP contribution is 2.28. The van der Waals surface area contributed by atoms with Crippen molar-refractivity contribution in [1.82, 2.24) is 10.6 Å². The maximum Gasteiger partial charge on any atom is 0.251 e. The molecule has 1 aromatic rings. The van der Waals surface area contributed by atoms with Gasteiger partial charge >= 0.3 is 0 Å². The summed E-state index contributed by atoms with van der Waals surface area (Å²) in [4.78, 5) is 12.5. The first-order valence-corrected chi connectivity index (χ1v) is 8.56. The second-order valence-corrected chi connectivity index (χ2v) is 5.90. The van der Waals surface area contributed by atoms with E-state index in [0.29, 0.717) is 36.2 Å². The van der Waals surface area contributed by atoms with E-state index in [1.54, 1.807) is 18.2 Å². The van der Waals surface area contributed by atoms with E-state index >= 15 is 0 Å². The van der Waals surface area contributed by atoms with Crippen molar-refractivity contribution in [1.29, 1.82) is 0 Å². The monoisotopic (exact) mass is 320 g/mol. The van der Waals surface area contributed by atoms with Crippen LogP contribution in [0.5, 0.6) is 11.5 Å². The number of rotatable bonds is 7. The van der Waals surface area contributed by atoms with Crippen LogP contribution in [0.15, 0.2) is 18.2 Å². The summed E-state index contributed by atoms with van der Waals surface area (Å²) < 4.78 is 11.1. The Labute approximate surface area is 138 Å². The number of nitrogens with one attached hydrogen (secondary N) is 2. The van der Waals surface area contributed by atoms with Crippen LogP contribution in [-0.4, -0.2) is 38.3 Å². The molecule has 128 valence electrons. The lowest BCUT2D eigenvalue weighted by Gasteiger charge is -2.29. The zero-order valence-electron chi connectivity index (χ0n) is 14.4. The molecule has 1 aliphatic rings. The Morgan fingerprint density at radius 3 is 2.70 bits per heavy atom. The molecule has 5 heteroatoms. The van der Waals surface area contributed by atoms with Crippen molar-refractivity contribution < 1.29 is 14.3 Å². The number of ether oxygens (including phenoxy) is 2. The third-order valence-electron chi connectivity index (χ3n) is 4.21. The second-order valence-electron chi connectivity index (χ2n) is 5.90. The standard InChI is InChI=1S/C18H28N2O3/c1-4-22-16-9-8-14(11-17(16)23-5-2)18(21)20-13(3)15-7-6-10-19-12-15/h8-9,11,13,15,19H,4-7,10,12H2,1-3H3,(H,20,21). The summed E-state index contributed by atoms with van der Waals surface area (Å²) in [6.07, 6.45) is 2.32. The topological polar surface area (TPSA) is 59.6 Å². The summed E-state index contributed by atoms with van der Waals surface area (Å²) in [5.74, 6) is 1.72. The van der Waals surface area contributed by atoms with Crippen LogP contribution in [0.25, 0.3) is 0 Å². The third kappa shape index (κ3) is 4.86. The lowest BCUT2D eigenvalue weighted by Crippen LogP contribution is -2.44. The van der Waals surface area contributed by atoms with Gasteiger partial charge < -0.3 is 20.1 Å². The number of carbonyl (C=O) groups is 1. The molecule has 2 unspecified atom stereocenters. The van der Waals surface area contributed by atoms with Gasteiger partial charge in [-0.15, -0.1) is 0 Å². The van der Waals surface area contributed by atoms with Gasteiger partial charge in [0.15, 0.2) is 11.5 Å². The Morgan fingerprint density at radius 2 is 2.04 bits per heavy atom. The Hall–Kier alpha value is -1.75. The van der Waals surface area contributed by atoms with Gasteiger partial charge in [0, 0.05) is 11.6 Å². The van der Waals surface area contributed by atoms with E-state index in [4.69, 9.17) is 9.47 Å². The molecule has 2 rings (SSSR count). The molecular weight excluding hydrogens is 292 g/mol. The zero-order chi connectivity index (χ0) is 16.7. The van der Waals surface area contributed by atoms with E-state index in [-0.39, 0.29) is 11.9 Å². The fraction of sp³-hybridized carbons (Fsp3) is 0.611. The molecule has 2 atom stereocenters. The smallest absolute Gasteiger partial charge is 0.251 e. The van der Waals surface area contributed by atoms with Gasteiger partial charge in [-0.25, -0.2) is 0 Å². The van der Waals surface area contributed by atoms with E-state index < -0.39 is 0 Å². The molecule has 0 saturated carbocycles. The molecule has 1 aliphatic heterocycles. The third-order valence-corrected chi connectivity index (χ3v) is 4.21. The van der Waals surface area contributed by atoms with Crippen molar-refractivity contribution in [2.75, 3.05) is 26.3 Å². The molecule has 1 saturated heterocycles. The van der Waals surface area contributed by atoms with Crippen molar-refractivity contribution in [2.24, 2.45) is 5.92 Å². The maximum absolute atomic E-state index is 12.5. The molecule has 0 aliphatic carbocycles. The quantitative estimate of drug-likeness (QED) is 0.811. The fourth-order valence-corrected chi connectivity index (χ4v) is 2.91. The summed E-state index contributed by atoms with van der Waals surface area (Å²) in [5, 5.41) is 6.50. The molecule has 1 amide bonds. The van der Waals surface area contributed by atoms with Crippen molar-refractivity contribution in [3.63, 3.8) is 0 Å². The first-order valence-electron chi connectivity index (χ1n) is 8.56. The van der Waals surface area contributed by atoms with E-state index in [2.05, 4.69) is 17.6 Å². The van der Waals surface area contributed by atoms with Crippen LogP contribution in [0, 0.1) is 5.92 Å². The van der Waals surface area contributed by atoms with Crippen LogP contribution in [0.2, 0.25) is 0 Å². The Morgan fingerprint density at radius 1 is 1.30 bits per heavy atom. The molecule has 2 N–H and O–H groups in total. The first kappa shape index (κ1) is 17.6. The van der Waals surface area contributed by atoms with E-state index in [1.165, 1.54) is 6.42 Å². The normalized spacial score (nSPS) is 19.0. The highest BCUT2D eigenvalue weighted by atomic mass is 16.5. The second kappa shape index (κ2) is 8.77. The average molecular weight is 320 g/mol. The largest absolute Gasteiger partial charge is 0.490 e. The van der Waals surface area contributed by atoms with Crippen LogP contribution in [-0.2, 0) is 0 Å². The molecule has 5 nitrogen and oxygen atoms in total. The number of carbonyl (C=O) groups excluding carboxylic acids is 1. The molecule has 1 fully saturated rings. The van der Waals surface area contributed by atoms with Crippen LogP contribution >= 0.6 is 0 Å². The van der Waals surface area contributed by atoms with Crippen molar-refractivity contribution in [3.8, 4) is 11.5 Å². The summed E-state index contributed by atoms with van der Waals surface area (Å²) >= 11 is 0. The van der Waals surface area contributed by atoms with Crippen molar-refractivity contribution >= 4 is 5.91 Å². The summed E-state index contributed by atoms with van der Waals surface area (Å²) in [7, 11) is 0. The molecule has 1 heterocycles. The number of hydrogen-bond acceptors (Lipinski definition) is 4. The van der Waals surface area contributed by atoms with E-state index in [0.717, 1.165) is 19.5 Å². The number of benzene rings is 1. The fourth-order valence-electron chi connectivity index (χ4n) is 2.91. The van der Waals surface area contributed by atoms with Gasteiger partial charge in [0.05, 0.1) is 13.2 Å². The zero-order valence-corrected chi connectivity index (χ0v) is 14.4. The summed E-state index contributed by atoms with van der Waals surface area (Å²) in [5.41, 5.74) is 0.604. The Bertz CT molecular complexity index is 513. The minimum Gasteiger partial charge on any atom is -0.490 e. The van der Waals surface area contributed by atoms with Crippen LogP contribution < -0.4 is 20.1 Å². The lowest BCUT2D eigenvalue weighted by atomic mass is 9.92. The van der Waals surface area contributed by atoms with Gasteiger partial charge in [0.25, 0.3) is 5.91 Å². The van der Waals surface area contributed by atoms with Gasteiger partial charge in [-0.2, -0.15) is 0 Å². The number of hydrogen-bond donors (Lipinski definition) is 2. The number of piperidine rings is 1. The molecule has 23 heavy (non-hydrogen) atoms. The molecule has 1 aromatic carbocycles. The predicted octanol–water partition coefficient (Wildman–Crippen LogP) is 2.60. The Kier molecular flexibility index (Phi) is 6.71. The SMILES string of the molecule is CCOc1ccc(C(=O)NC(C)C2CCCNC2)cc1OCC. The van der Waals surface area contributed by atoms with Crippen molar-refractivity contribution in [3.05, 3.63) is 23.8 Å². The van der Waals surface area contributed by atoms with Crippen molar-refractivity contribution in [2.45, 2.75) is 39.7 Å². The highest BCUT2D eigenvalue weighted by molar-refractivity contribution is 5.95. The first-order chi connectivity index (χ1) is 11.2. The maximum atomic E-state index is 12.5. The van der Waals surface area contributed by atoms with E-state index in [1.807, 2.05) is 13.8 Å². The number of amides is 1. The average Bonchev–Trinajstić information content (AvgIpc) is 2.57. The summed E-state index contributed by atoms with van der Waals surface area (Å²) in [6, 6.07) is 5.50. The minimum atomic E-state index is -0.0629. The van der Waals surface area contributed by atoms with Crippen LogP contribution in [0.4, 0.5) is 0 Å². The lowest BCUT2D eigenvalue weighted by molar-refractivity contribution is 0.0921. The van der Waals surface area contributed by atoms with Gasteiger partial charge in [-0.05, 0) is 70.8 Å².